The van der Waals surface area contributed by atoms with Crippen molar-refractivity contribution in [1.29, 1.82) is 0 Å². The van der Waals surface area contributed by atoms with Gasteiger partial charge >= 0.3 is 5.97 Å². The number of carbonyl (C=O) groups is 2. The summed E-state index contributed by atoms with van der Waals surface area (Å²) < 4.78 is 22.1. The van der Waals surface area contributed by atoms with Gasteiger partial charge in [-0.3, -0.25) is 9.59 Å². The zero-order chi connectivity index (χ0) is 29.9. The van der Waals surface area contributed by atoms with E-state index >= 15 is 4.39 Å². The van der Waals surface area contributed by atoms with Crippen LogP contribution in [0.25, 0.3) is 22.3 Å². The van der Waals surface area contributed by atoms with Gasteiger partial charge in [0, 0.05) is 22.6 Å². The molecule has 1 fully saturated rings. The topological polar surface area (TPSA) is 145 Å². The lowest BCUT2D eigenvalue weighted by Gasteiger charge is -2.53. The molecule has 4 N–H and O–H groups in total. The van der Waals surface area contributed by atoms with Crippen LogP contribution >= 0.6 is 0 Å². The second kappa shape index (κ2) is 8.70. The van der Waals surface area contributed by atoms with Crippen molar-refractivity contribution in [2.24, 2.45) is 17.1 Å². The lowest BCUT2D eigenvalue weighted by Crippen LogP contribution is -2.58. The highest BCUT2D eigenvalue weighted by Gasteiger charge is 2.57. The van der Waals surface area contributed by atoms with Gasteiger partial charge < -0.3 is 25.3 Å². The minimum absolute atomic E-state index is 0.0357. The number of rotatable bonds is 5. The van der Waals surface area contributed by atoms with Gasteiger partial charge in [0.25, 0.3) is 5.56 Å². The fourth-order valence-electron chi connectivity index (χ4n) is 8.19. The molecular weight excluding hydrogens is 541 g/mol. The van der Waals surface area contributed by atoms with Crippen LogP contribution in [0, 0.1) is 24.1 Å². The maximum absolute atomic E-state index is 15.3. The average Bonchev–Trinajstić information content (AvgIpc) is 3.31. The van der Waals surface area contributed by atoms with Gasteiger partial charge in [0.05, 0.1) is 40.0 Å². The van der Waals surface area contributed by atoms with E-state index in [4.69, 9.17) is 15.5 Å². The molecule has 42 heavy (non-hydrogen) atoms. The monoisotopic (exact) mass is 575 g/mol. The Morgan fingerprint density at radius 3 is 2.50 bits per heavy atom. The molecule has 1 unspecified atom stereocenters. The van der Waals surface area contributed by atoms with Crippen LogP contribution in [0.1, 0.15) is 79.3 Å². The number of ether oxygens (including phenoxy) is 1. The fourth-order valence-corrected chi connectivity index (χ4v) is 8.19. The smallest absolute Gasteiger partial charge is 0.343 e. The van der Waals surface area contributed by atoms with Gasteiger partial charge in [-0.15, -0.1) is 0 Å². The largest absolute Gasteiger partial charge is 0.458 e. The third kappa shape index (κ3) is 3.48. The molecule has 0 radical (unpaired) electrons. The first-order chi connectivity index (χ1) is 19.8. The zero-order valence-electron chi connectivity index (χ0n) is 24.0. The van der Waals surface area contributed by atoms with E-state index in [1.54, 1.807) is 24.5 Å². The van der Waals surface area contributed by atoms with Gasteiger partial charge in [-0.1, -0.05) is 13.8 Å². The van der Waals surface area contributed by atoms with Crippen LogP contribution in [0.2, 0.25) is 0 Å². The molecule has 2 aliphatic heterocycles. The molecule has 9 nitrogen and oxygen atoms in total. The van der Waals surface area contributed by atoms with E-state index in [9.17, 15) is 24.6 Å². The SMILES string of the molecule is CCC1(O)CC(CC2Cc3c(C)c(F)cc4nc5c(c(c34)C2)Cn2c-5cc3c(c2=O)COC(=O)[C@]3(O)CC)(C(N)=O)C1. The highest BCUT2D eigenvalue weighted by atomic mass is 19.1. The van der Waals surface area contributed by atoms with Crippen molar-refractivity contribution in [2.45, 2.75) is 90.1 Å². The summed E-state index contributed by atoms with van der Waals surface area (Å²) in [7, 11) is 0. The number of hydrogen-bond acceptors (Lipinski definition) is 7. The normalized spacial score (nSPS) is 29.0. The number of esters is 1. The number of cyclic esters (lactones) is 1. The molecule has 7 rings (SSSR count). The summed E-state index contributed by atoms with van der Waals surface area (Å²) >= 11 is 0. The molecular formula is C32H34FN3O6. The second-order valence-electron chi connectivity index (χ2n) is 12.9. The summed E-state index contributed by atoms with van der Waals surface area (Å²) in [6, 6.07) is 3.08. The molecule has 3 aromatic rings. The highest BCUT2D eigenvalue weighted by Crippen LogP contribution is 2.55. The molecule has 1 saturated carbocycles. The van der Waals surface area contributed by atoms with Crippen LogP contribution in [0.3, 0.4) is 0 Å². The number of primary amides is 1. The fraction of sp³-hybridized carbons (Fsp3) is 0.500. The van der Waals surface area contributed by atoms with Crippen LogP contribution in [0.5, 0.6) is 0 Å². The summed E-state index contributed by atoms with van der Waals surface area (Å²) in [5, 5.41) is 22.9. The van der Waals surface area contributed by atoms with Crippen LogP contribution in [-0.4, -0.2) is 37.2 Å². The number of halogens is 1. The summed E-state index contributed by atoms with van der Waals surface area (Å²) in [5.41, 5.74) is 7.03. The van der Waals surface area contributed by atoms with Crippen LogP contribution in [0.15, 0.2) is 16.9 Å². The van der Waals surface area contributed by atoms with E-state index in [-0.39, 0.29) is 48.0 Å². The number of aromatic nitrogens is 2. The van der Waals surface area contributed by atoms with Crippen molar-refractivity contribution in [1.82, 2.24) is 9.55 Å². The Kier molecular flexibility index (Phi) is 5.64. The lowest BCUT2D eigenvalue weighted by molar-refractivity contribution is -0.172. The number of pyridine rings is 2. The quantitative estimate of drug-likeness (QED) is 0.310. The van der Waals surface area contributed by atoms with Gasteiger partial charge in [0.2, 0.25) is 5.91 Å². The number of benzene rings is 1. The van der Waals surface area contributed by atoms with Gasteiger partial charge in [0.1, 0.15) is 12.4 Å². The zero-order valence-corrected chi connectivity index (χ0v) is 24.0. The summed E-state index contributed by atoms with van der Waals surface area (Å²) in [4.78, 5) is 43.8. The van der Waals surface area contributed by atoms with E-state index < -0.39 is 28.5 Å². The summed E-state index contributed by atoms with van der Waals surface area (Å²) in [6.45, 7) is 5.32. The molecule has 2 aromatic heterocycles. The van der Waals surface area contributed by atoms with E-state index in [0.717, 1.165) is 22.1 Å². The van der Waals surface area contributed by atoms with Gasteiger partial charge in [-0.25, -0.2) is 14.2 Å². The first-order valence-electron chi connectivity index (χ1n) is 14.7. The predicted octanol–water partition coefficient (Wildman–Crippen LogP) is 3.04. The van der Waals surface area contributed by atoms with Crippen molar-refractivity contribution < 1.29 is 28.9 Å². The van der Waals surface area contributed by atoms with Gasteiger partial charge in [-0.2, -0.15) is 0 Å². The maximum atomic E-state index is 15.3. The number of carbonyl (C=O) groups excluding carboxylic acids is 2. The summed E-state index contributed by atoms with van der Waals surface area (Å²) in [5.74, 6) is -1.63. The molecule has 10 heteroatoms. The number of nitrogens with two attached hydrogens (primary N) is 1. The average molecular weight is 576 g/mol. The predicted molar refractivity (Wildman–Crippen MR) is 151 cm³/mol. The molecule has 220 valence electrons. The molecule has 2 atom stereocenters. The minimum atomic E-state index is -1.94. The number of aliphatic hydroxyl groups is 2. The Morgan fingerprint density at radius 1 is 1.12 bits per heavy atom. The number of fused-ring (bicyclic) bond motifs is 5. The Morgan fingerprint density at radius 2 is 1.83 bits per heavy atom. The van der Waals surface area contributed by atoms with Crippen molar-refractivity contribution in [3.8, 4) is 11.4 Å². The second-order valence-corrected chi connectivity index (χ2v) is 12.9. The maximum Gasteiger partial charge on any atom is 0.343 e. The van der Waals surface area contributed by atoms with E-state index in [0.29, 0.717) is 61.0 Å². The third-order valence-corrected chi connectivity index (χ3v) is 10.6. The van der Waals surface area contributed by atoms with Crippen LogP contribution < -0.4 is 11.3 Å². The Balaban J connectivity index is 1.38. The van der Waals surface area contributed by atoms with Crippen LogP contribution in [0.4, 0.5) is 4.39 Å². The van der Waals surface area contributed by atoms with E-state index in [1.165, 1.54) is 6.07 Å². The molecule has 0 saturated heterocycles. The molecule has 0 bridgehead atoms. The minimum Gasteiger partial charge on any atom is -0.458 e. The summed E-state index contributed by atoms with van der Waals surface area (Å²) in [6.07, 6.45) is 2.82. The Labute approximate surface area is 241 Å². The number of nitrogens with zero attached hydrogens (tertiary/aromatic N) is 2. The standard InChI is InChI=1S/C32H34FN3O6/c1-4-31(40)13-30(14-31,28(34)38)10-16-6-17-15(3)22(33)9-23-25(17)18(7-16)19-11-36-24(26(19)35-23)8-21-20(27(36)37)12-42-29(39)32(21,41)5-2/h8-9,16,40-41H,4-7,10-14H2,1-3H3,(H2,34,38)/t16?,30?,31?,32-/m0/s1. The molecule has 0 spiro atoms. The van der Waals surface area contributed by atoms with Crippen molar-refractivity contribution in [3.05, 3.63) is 61.7 Å². The number of hydrogen-bond donors (Lipinski definition) is 3. The van der Waals surface area contributed by atoms with E-state index in [1.807, 2.05) is 6.92 Å². The van der Waals surface area contributed by atoms with Crippen LogP contribution in [-0.2, 0) is 45.9 Å². The van der Waals surface area contributed by atoms with E-state index in [2.05, 4.69) is 0 Å². The number of amides is 1. The third-order valence-electron chi connectivity index (χ3n) is 10.6. The van der Waals surface area contributed by atoms with Crippen molar-refractivity contribution in [2.75, 3.05) is 0 Å². The molecule has 4 heterocycles. The molecule has 4 aliphatic rings. The van der Waals surface area contributed by atoms with Crippen molar-refractivity contribution >= 4 is 22.8 Å². The van der Waals surface area contributed by atoms with Gasteiger partial charge in [-0.05, 0) is 80.5 Å². The first kappa shape index (κ1) is 27.2. The van der Waals surface area contributed by atoms with Gasteiger partial charge in [0.15, 0.2) is 5.60 Å². The first-order valence-corrected chi connectivity index (χ1v) is 14.7. The Hall–Kier alpha value is -3.63. The van der Waals surface area contributed by atoms with Crippen molar-refractivity contribution in [3.63, 3.8) is 0 Å². The molecule has 1 aromatic carbocycles. The highest BCUT2D eigenvalue weighted by molar-refractivity contribution is 5.93. The molecule has 1 amide bonds. The Bertz CT molecular complexity index is 1810. The lowest BCUT2D eigenvalue weighted by atomic mass is 9.54. The molecule has 2 aliphatic carbocycles.